The molecule has 0 spiro atoms. The van der Waals surface area contributed by atoms with Crippen LogP contribution in [0.4, 0.5) is 0 Å². The van der Waals surface area contributed by atoms with Gasteiger partial charge in [-0.15, -0.1) is 0 Å². The fourth-order valence-corrected chi connectivity index (χ4v) is 1.40. The summed E-state index contributed by atoms with van der Waals surface area (Å²) >= 11 is 0. The largest absolute Gasteiger partial charge is 0.508 e. The average molecular weight is 262 g/mol. The van der Waals surface area contributed by atoms with Gasteiger partial charge in [0.25, 0.3) is 0 Å². The Morgan fingerprint density at radius 2 is 2.16 bits per heavy atom. The van der Waals surface area contributed by atoms with Crippen LogP contribution >= 0.6 is 0 Å². The second-order valence-electron chi connectivity index (χ2n) is 4.09. The van der Waals surface area contributed by atoms with E-state index in [1.54, 1.807) is 18.2 Å². The number of phenols is 1. The van der Waals surface area contributed by atoms with E-state index in [0.29, 0.717) is 12.4 Å². The van der Waals surface area contributed by atoms with E-state index >= 15 is 0 Å². The van der Waals surface area contributed by atoms with E-state index in [2.05, 4.69) is 0 Å². The highest BCUT2D eigenvalue weighted by Crippen LogP contribution is 2.27. The van der Waals surface area contributed by atoms with E-state index in [9.17, 15) is 15.0 Å². The van der Waals surface area contributed by atoms with E-state index in [1.165, 1.54) is 19.1 Å². The van der Waals surface area contributed by atoms with Gasteiger partial charge >= 0.3 is 0 Å². The molecule has 0 saturated heterocycles. The molecule has 102 valence electrons. The van der Waals surface area contributed by atoms with Gasteiger partial charge in [0, 0.05) is 6.08 Å². The highest BCUT2D eigenvalue weighted by molar-refractivity contribution is 5.88. The molecule has 0 unspecified atom stereocenters. The first-order valence-corrected chi connectivity index (χ1v) is 6.08. The van der Waals surface area contributed by atoms with Crippen LogP contribution in [0.1, 0.15) is 25.8 Å². The first kappa shape index (κ1) is 14.8. The van der Waals surface area contributed by atoms with Crippen molar-refractivity contribution in [2.75, 3.05) is 6.61 Å². The lowest BCUT2D eigenvalue weighted by Crippen LogP contribution is -1.95. The number of carbonyl (C=O) groups is 1. The molecule has 4 nitrogen and oxygen atoms in total. The van der Waals surface area contributed by atoms with Crippen LogP contribution in [0.3, 0.4) is 0 Å². The molecule has 2 N–H and O–H groups in total. The summed E-state index contributed by atoms with van der Waals surface area (Å²) in [5.74, 6) is 0.143. The van der Waals surface area contributed by atoms with Gasteiger partial charge in [-0.05, 0) is 37.1 Å². The predicted molar refractivity (Wildman–Crippen MR) is 74.3 cm³/mol. The molecule has 0 aliphatic heterocycles. The van der Waals surface area contributed by atoms with Crippen molar-refractivity contribution in [1.82, 2.24) is 0 Å². The molecular formula is C15H18O4. The van der Waals surface area contributed by atoms with Crippen LogP contribution in [0, 0.1) is 0 Å². The van der Waals surface area contributed by atoms with E-state index in [1.807, 2.05) is 6.92 Å². The van der Waals surface area contributed by atoms with Crippen molar-refractivity contribution < 1.29 is 19.7 Å². The van der Waals surface area contributed by atoms with Crippen molar-refractivity contribution in [3.05, 3.63) is 41.7 Å². The Morgan fingerprint density at radius 1 is 1.42 bits per heavy atom. The summed E-state index contributed by atoms with van der Waals surface area (Å²) in [6.07, 6.45) is 5.03. The van der Waals surface area contributed by atoms with Gasteiger partial charge in [-0.3, -0.25) is 4.79 Å². The third-order valence-electron chi connectivity index (χ3n) is 2.24. The molecule has 19 heavy (non-hydrogen) atoms. The summed E-state index contributed by atoms with van der Waals surface area (Å²) in [4.78, 5) is 10.8. The maximum absolute atomic E-state index is 10.8. The number of carbonyl (C=O) groups excluding carboxylic acids is 1. The van der Waals surface area contributed by atoms with Crippen molar-refractivity contribution in [3.63, 3.8) is 0 Å². The summed E-state index contributed by atoms with van der Waals surface area (Å²) in [6.45, 7) is 3.86. The SMILES string of the molecule is CCCOc1cc(C=CC(O)=CC(C)=O)ccc1O. The van der Waals surface area contributed by atoms with E-state index in [4.69, 9.17) is 4.74 Å². The highest BCUT2D eigenvalue weighted by Gasteiger charge is 2.02. The number of hydrogen-bond donors (Lipinski definition) is 2. The Balaban J connectivity index is 2.84. The summed E-state index contributed by atoms with van der Waals surface area (Å²) in [5.41, 5.74) is 0.757. The molecule has 0 aromatic heterocycles. The van der Waals surface area contributed by atoms with Gasteiger partial charge in [-0.2, -0.15) is 0 Å². The summed E-state index contributed by atoms with van der Waals surface area (Å²) in [5, 5.41) is 19.0. The van der Waals surface area contributed by atoms with Gasteiger partial charge in [0.1, 0.15) is 5.76 Å². The molecule has 0 radical (unpaired) electrons. The van der Waals surface area contributed by atoms with E-state index in [0.717, 1.165) is 18.1 Å². The Kier molecular flexibility index (Phi) is 5.67. The zero-order chi connectivity index (χ0) is 14.3. The van der Waals surface area contributed by atoms with Crippen molar-refractivity contribution in [3.8, 4) is 11.5 Å². The maximum Gasteiger partial charge on any atom is 0.161 e. The minimum Gasteiger partial charge on any atom is -0.508 e. The van der Waals surface area contributed by atoms with Crippen molar-refractivity contribution in [2.24, 2.45) is 0 Å². The predicted octanol–water partition coefficient (Wildman–Crippen LogP) is 3.23. The first-order valence-electron chi connectivity index (χ1n) is 6.08. The van der Waals surface area contributed by atoms with Crippen LogP contribution in [0.15, 0.2) is 36.1 Å². The van der Waals surface area contributed by atoms with Gasteiger partial charge in [-0.1, -0.05) is 19.1 Å². The fourth-order valence-electron chi connectivity index (χ4n) is 1.40. The molecule has 0 aliphatic rings. The topological polar surface area (TPSA) is 66.8 Å². The normalized spacial score (nSPS) is 11.8. The second kappa shape index (κ2) is 7.26. The molecule has 4 heteroatoms. The molecule has 0 atom stereocenters. The smallest absolute Gasteiger partial charge is 0.161 e. The van der Waals surface area contributed by atoms with Gasteiger partial charge in [0.15, 0.2) is 17.3 Å². The van der Waals surface area contributed by atoms with Gasteiger partial charge in [0.05, 0.1) is 6.61 Å². The molecule has 0 saturated carbocycles. The lowest BCUT2D eigenvalue weighted by atomic mass is 10.2. The number of allylic oxidation sites excluding steroid dienone is 2. The van der Waals surface area contributed by atoms with E-state index in [-0.39, 0.29) is 17.3 Å². The van der Waals surface area contributed by atoms with Gasteiger partial charge in [-0.25, -0.2) is 0 Å². The maximum atomic E-state index is 10.8. The Morgan fingerprint density at radius 3 is 2.79 bits per heavy atom. The standard InChI is InChI=1S/C15H18O4/c1-3-8-19-15-10-12(5-7-14(15)18)4-6-13(17)9-11(2)16/h4-7,9-10,17-18H,3,8H2,1-2H3. The van der Waals surface area contributed by atoms with Crippen molar-refractivity contribution in [1.29, 1.82) is 0 Å². The fraction of sp³-hybridized carbons (Fsp3) is 0.267. The van der Waals surface area contributed by atoms with Crippen LogP contribution in [-0.2, 0) is 4.79 Å². The molecule has 1 aromatic carbocycles. The summed E-state index contributed by atoms with van der Waals surface area (Å²) < 4.78 is 5.38. The number of benzene rings is 1. The molecule has 1 aromatic rings. The second-order valence-corrected chi connectivity index (χ2v) is 4.09. The lowest BCUT2D eigenvalue weighted by molar-refractivity contribution is -0.112. The summed E-state index contributed by atoms with van der Waals surface area (Å²) in [6, 6.07) is 4.88. The van der Waals surface area contributed by atoms with Gasteiger partial charge in [0.2, 0.25) is 0 Å². The molecule has 0 amide bonds. The van der Waals surface area contributed by atoms with Gasteiger partial charge < -0.3 is 14.9 Å². The molecule has 0 bridgehead atoms. The minimum atomic E-state index is -0.222. The average Bonchev–Trinajstić information content (AvgIpc) is 2.35. The number of hydrogen-bond acceptors (Lipinski definition) is 4. The lowest BCUT2D eigenvalue weighted by Gasteiger charge is -2.07. The number of aliphatic hydroxyl groups is 1. The van der Waals surface area contributed by atoms with Crippen LogP contribution in [-0.4, -0.2) is 22.6 Å². The number of ether oxygens (including phenoxy) is 1. The Bertz CT molecular complexity index is 501. The monoisotopic (exact) mass is 262 g/mol. The zero-order valence-electron chi connectivity index (χ0n) is 11.1. The number of aliphatic hydroxyl groups excluding tert-OH is 1. The van der Waals surface area contributed by atoms with Crippen LogP contribution in [0.5, 0.6) is 11.5 Å². The number of ketones is 1. The molecule has 0 heterocycles. The van der Waals surface area contributed by atoms with Crippen LogP contribution in [0.25, 0.3) is 6.08 Å². The quantitative estimate of drug-likeness (QED) is 0.469. The minimum absolute atomic E-state index is 0.0779. The third kappa shape index (κ3) is 5.29. The zero-order valence-corrected chi connectivity index (χ0v) is 11.1. The molecule has 0 fully saturated rings. The van der Waals surface area contributed by atoms with Crippen LogP contribution in [0.2, 0.25) is 0 Å². The number of rotatable bonds is 6. The van der Waals surface area contributed by atoms with Crippen molar-refractivity contribution >= 4 is 11.9 Å². The molecule has 1 rings (SSSR count). The highest BCUT2D eigenvalue weighted by atomic mass is 16.5. The molecule has 0 aliphatic carbocycles. The van der Waals surface area contributed by atoms with Crippen molar-refractivity contribution in [2.45, 2.75) is 20.3 Å². The first-order chi connectivity index (χ1) is 9.02. The number of aromatic hydroxyl groups is 1. The third-order valence-corrected chi connectivity index (χ3v) is 2.24. The Hall–Kier alpha value is -2.23. The van der Waals surface area contributed by atoms with E-state index < -0.39 is 0 Å². The Labute approximate surface area is 112 Å². The number of phenolic OH excluding ortho intramolecular Hbond substituents is 1. The van der Waals surface area contributed by atoms with Crippen LogP contribution < -0.4 is 4.74 Å². The summed E-state index contributed by atoms with van der Waals surface area (Å²) in [7, 11) is 0. The molecular weight excluding hydrogens is 244 g/mol.